The van der Waals surface area contributed by atoms with Gasteiger partial charge in [0.05, 0.1) is 7.11 Å². The van der Waals surface area contributed by atoms with E-state index in [1.165, 1.54) is 18.4 Å². The van der Waals surface area contributed by atoms with Crippen LogP contribution >= 0.6 is 11.6 Å². The number of ether oxygens (including phenoxy) is 1. The largest absolute Gasteiger partial charge is 0.496 e. The lowest BCUT2D eigenvalue weighted by molar-refractivity contribution is 0.408. The van der Waals surface area contributed by atoms with Gasteiger partial charge in [-0.2, -0.15) is 0 Å². The highest BCUT2D eigenvalue weighted by atomic mass is 35.5. The third kappa shape index (κ3) is 2.89. The van der Waals surface area contributed by atoms with Crippen LogP contribution in [0.15, 0.2) is 18.2 Å². The second-order valence-electron chi connectivity index (χ2n) is 4.67. The monoisotopic (exact) mass is 239 g/mol. The van der Waals surface area contributed by atoms with Gasteiger partial charge in [0.1, 0.15) is 5.75 Å². The molecule has 0 bridgehead atoms. The highest BCUT2D eigenvalue weighted by Gasteiger charge is 2.36. The van der Waals surface area contributed by atoms with Crippen LogP contribution in [0.5, 0.6) is 5.75 Å². The molecule has 0 spiro atoms. The van der Waals surface area contributed by atoms with E-state index in [1.807, 2.05) is 18.2 Å². The fraction of sp³-hybridized carbons (Fsp3) is 0.538. The zero-order valence-electron chi connectivity index (χ0n) is 9.63. The molecule has 16 heavy (non-hydrogen) atoms. The number of halogens is 1. The van der Waals surface area contributed by atoms with Crippen molar-refractivity contribution in [3.63, 3.8) is 0 Å². The highest BCUT2D eigenvalue weighted by Crippen LogP contribution is 2.37. The maximum Gasteiger partial charge on any atom is 0.122 e. The van der Waals surface area contributed by atoms with Crippen molar-refractivity contribution in [3.8, 4) is 5.75 Å². The maximum absolute atomic E-state index is 6.05. The molecule has 0 heterocycles. The van der Waals surface area contributed by atoms with Gasteiger partial charge in [0.25, 0.3) is 0 Å². The Morgan fingerprint density at radius 1 is 1.44 bits per heavy atom. The van der Waals surface area contributed by atoms with Gasteiger partial charge in [-0.15, -0.1) is 0 Å². The fourth-order valence-electron chi connectivity index (χ4n) is 1.98. The number of benzene rings is 1. The summed E-state index contributed by atoms with van der Waals surface area (Å²) in [5.41, 5.74) is 7.38. The third-order valence-electron chi connectivity index (χ3n) is 3.26. The van der Waals surface area contributed by atoms with E-state index in [4.69, 9.17) is 22.1 Å². The molecule has 1 aliphatic rings. The Bertz CT molecular complexity index is 374. The second kappa shape index (κ2) is 4.64. The first kappa shape index (κ1) is 11.7. The van der Waals surface area contributed by atoms with Crippen LogP contribution in [0.1, 0.15) is 31.2 Å². The molecule has 2 N–H and O–H groups in total. The highest BCUT2D eigenvalue weighted by molar-refractivity contribution is 6.30. The second-order valence-corrected chi connectivity index (χ2v) is 5.11. The average molecular weight is 240 g/mol. The summed E-state index contributed by atoms with van der Waals surface area (Å²) in [6.07, 6.45) is 5.55. The Hall–Kier alpha value is -0.730. The number of rotatable bonds is 5. The summed E-state index contributed by atoms with van der Waals surface area (Å²) in [5, 5.41) is 0.768. The van der Waals surface area contributed by atoms with Gasteiger partial charge in [-0.05, 0) is 55.9 Å². The quantitative estimate of drug-likeness (QED) is 0.857. The van der Waals surface area contributed by atoms with Gasteiger partial charge in [0.2, 0.25) is 0 Å². The van der Waals surface area contributed by atoms with Crippen LogP contribution in [-0.4, -0.2) is 12.6 Å². The van der Waals surface area contributed by atoms with Crippen LogP contribution in [0.2, 0.25) is 5.02 Å². The van der Waals surface area contributed by atoms with Crippen molar-refractivity contribution in [2.75, 3.05) is 7.11 Å². The van der Waals surface area contributed by atoms with Gasteiger partial charge >= 0.3 is 0 Å². The Balaban J connectivity index is 1.94. The summed E-state index contributed by atoms with van der Waals surface area (Å²) in [7, 11) is 1.69. The molecule has 0 aromatic heterocycles. The average Bonchev–Trinajstić information content (AvgIpc) is 2.97. The zero-order valence-corrected chi connectivity index (χ0v) is 10.4. The van der Waals surface area contributed by atoms with E-state index in [0.29, 0.717) is 0 Å². The summed E-state index contributed by atoms with van der Waals surface area (Å²) in [5.74, 6) is 0.922. The van der Waals surface area contributed by atoms with E-state index in [0.717, 1.165) is 30.0 Å². The molecule has 0 atom stereocenters. The summed E-state index contributed by atoms with van der Waals surface area (Å²) >= 11 is 5.97. The minimum atomic E-state index is 0.145. The van der Waals surface area contributed by atoms with E-state index in [1.54, 1.807) is 7.11 Å². The van der Waals surface area contributed by atoms with Crippen LogP contribution in [-0.2, 0) is 6.42 Å². The molecule has 2 nitrogen and oxygen atoms in total. The Morgan fingerprint density at radius 2 is 2.19 bits per heavy atom. The molecule has 0 amide bonds. The molecule has 0 unspecified atom stereocenters. The van der Waals surface area contributed by atoms with Gasteiger partial charge in [0.15, 0.2) is 0 Å². The molecular weight excluding hydrogens is 222 g/mol. The van der Waals surface area contributed by atoms with Crippen molar-refractivity contribution in [1.29, 1.82) is 0 Å². The summed E-state index contributed by atoms with van der Waals surface area (Å²) in [4.78, 5) is 0. The molecule has 1 aliphatic carbocycles. The van der Waals surface area contributed by atoms with Gasteiger partial charge in [-0.3, -0.25) is 0 Å². The van der Waals surface area contributed by atoms with Crippen LogP contribution in [0.3, 0.4) is 0 Å². The molecule has 0 saturated heterocycles. The first-order valence-electron chi connectivity index (χ1n) is 5.74. The fourth-order valence-corrected chi connectivity index (χ4v) is 2.18. The van der Waals surface area contributed by atoms with Crippen LogP contribution < -0.4 is 10.5 Å². The Labute approximate surface area is 102 Å². The predicted molar refractivity (Wildman–Crippen MR) is 67.1 cm³/mol. The van der Waals surface area contributed by atoms with Crippen molar-refractivity contribution in [2.24, 2.45) is 5.73 Å². The number of methoxy groups -OCH3 is 1. The molecule has 0 radical (unpaired) electrons. The Morgan fingerprint density at radius 3 is 2.81 bits per heavy atom. The molecule has 2 rings (SSSR count). The van der Waals surface area contributed by atoms with E-state index in [9.17, 15) is 0 Å². The number of hydrogen-bond acceptors (Lipinski definition) is 2. The van der Waals surface area contributed by atoms with Gasteiger partial charge in [-0.25, -0.2) is 0 Å². The van der Waals surface area contributed by atoms with Crippen LogP contribution in [0.25, 0.3) is 0 Å². The first-order valence-corrected chi connectivity index (χ1v) is 6.12. The molecule has 3 heteroatoms. The molecule has 88 valence electrons. The minimum Gasteiger partial charge on any atom is -0.496 e. The van der Waals surface area contributed by atoms with Crippen molar-refractivity contribution in [1.82, 2.24) is 0 Å². The minimum absolute atomic E-state index is 0.145. The van der Waals surface area contributed by atoms with E-state index in [2.05, 4.69) is 0 Å². The normalized spacial score (nSPS) is 17.2. The third-order valence-corrected chi connectivity index (χ3v) is 3.49. The summed E-state index contributed by atoms with van der Waals surface area (Å²) in [6.45, 7) is 0. The van der Waals surface area contributed by atoms with Gasteiger partial charge in [0, 0.05) is 10.6 Å². The summed E-state index contributed by atoms with van der Waals surface area (Å²) < 4.78 is 5.31. The molecule has 1 aromatic carbocycles. The van der Waals surface area contributed by atoms with E-state index in [-0.39, 0.29) is 5.54 Å². The van der Waals surface area contributed by atoms with Crippen LogP contribution in [0, 0.1) is 0 Å². The van der Waals surface area contributed by atoms with Crippen molar-refractivity contribution in [2.45, 2.75) is 37.6 Å². The number of aryl methyl sites for hydroxylation is 1. The molecule has 1 fully saturated rings. The van der Waals surface area contributed by atoms with Crippen molar-refractivity contribution < 1.29 is 4.74 Å². The Kier molecular flexibility index (Phi) is 3.41. The SMILES string of the molecule is COc1ccc(Cl)cc1CCCC1(N)CC1. The molecular formula is C13H18ClNO. The zero-order chi connectivity index (χ0) is 11.6. The van der Waals surface area contributed by atoms with E-state index < -0.39 is 0 Å². The number of hydrogen-bond donors (Lipinski definition) is 1. The van der Waals surface area contributed by atoms with Crippen LogP contribution in [0.4, 0.5) is 0 Å². The smallest absolute Gasteiger partial charge is 0.122 e. The maximum atomic E-state index is 6.05. The standard InChI is InChI=1S/C13H18ClNO/c1-16-12-5-4-11(14)9-10(12)3-2-6-13(15)7-8-13/h4-5,9H,2-3,6-8,15H2,1H3. The topological polar surface area (TPSA) is 35.2 Å². The van der Waals surface area contributed by atoms with E-state index >= 15 is 0 Å². The lowest BCUT2D eigenvalue weighted by Gasteiger charge is -2.11. The molecule has 0 aliphatic heterocycles. The van der Waals surface area contributed by atoms with Crippen molar-refractivity contribution >= 4 is 11.6 Å². The van der Waals surface area contributed by atoms with Gasteiger partial charge < -0.3 is 10.5 Å². The molecule has 1 aromatic rings. The first-order chi connectivity index (χ1) is 7.63. The molecule has 1 saturated carbocycles. The lowest BCUT2D eigenvalue weighted by atomic mass is 10.0. The summed E-state index contributed by atoms with van der Waals surface area (Å²) in [6, 6.07) is 5.76. The predicted octanol–water partition coefficient (Wildman–Crippen LogP) is 3.16. The van der Waals surface area contributed by atoms with Crippen molar-refractivity contribution in [3.05, 3.63) is 28.8 Å². The lowest BCUT2D eigenvalue weighted by Crippen LogP contribution is -2.21. The number of nitrogens with two attached hydrogens (primary N) is 1. The van der Waals surface area contributed by atoms with Gasteiger partial charge in [-0.1, -0.05) is 11.6 Å².